The molecule has 0 fully saturated rings. The predicted molar refractivity (Wildman–Crippen MR) is 80.9 cm³/mol. The summed E-state index contributed by atoms with van der Waals surface area (Å²) in [6.07, 6.45) is 0. The van der Waals surface area contributed by atoms with Crippen molar-refractivity contribution in [2.24, 2.45) is 0 Å². The molecule has 0 aliphatic heterocycles. The Balaban J connectivity index is 1.88. The minimum Gasteiger partial charge on any atom is -0.616 e. The fourth-order valence-corrected chi connectivity index (χ4v) is 2.12. The van der Waals surface area contributed by atoms with Crippen molar-refractivity contribution in [2.75, 3.05) is 7.11 Å². The van der Waals surface area contributed by atoms with Crippen LogP contribution in [0.3, 0.4) is 0 Å². The van der Waals surface area contributed by atoms with Crippen LogP contribution < -0.4 is 14.2 Å². The Bertz CT molecular complexity index is 828. The lowest BCUT2D eigenvalue weighted by molar-refractivity contribution is -0.582. The molecule has 3 rings (SSSR count). The van der Waals surface area contributed by atoms with Crippen molar-refractivity contribution in [3.8, 4) is 11.6 Å². The van der Waals surface area contributed by atoms with Crippen LogP contribution in [-0.2, 0) is 0 Å². The summed E-state index contributed by atoms with van der Waals surface area (Å²) >= 11 is 0. The lowest BCUT2D eigenvalue weighted by Crippen LogP contribution is -2.31. The molecular weight excluding hydrogens is 282 g/mol. The molecule has 1 heterocycles. The second-order valence-electron chi connectivity index (χ2n) is 4.64. The van der Waals surface area contributed by atoms with E-state index in [1.54, 1.807) is 49.6 Å². The molecule has 0 saturated carbocycles. The number of para-hydroxylation sites is 1. The van der Waals surface area contributed by atoms with Gasteiger partial charge in [0, 0.05) is 11.5 Å². The molecule has 0 radical (unpaired) electrons. The maximum absolute atomic E-state index is 12.2. The quantitative estimate of drug-likeness (QED) is 0.423. The third kappa shape index (κ3) is 2.56. The Morgan fingerprint density at radius 3 is 2.45 bits per heavy atom. The average Bonchev–Trinajstić information content (AvgIpc) is 2.57. The molecule has 0 atom stereocenters. The molecule has 1 aromatic heterocycles. The van der Waals surface area contributed by atoms with E-state index in [0.717, 1.165) is 5.39 Å². The maximum atomic E-state index is 12.2. The molecule has 3 aromatic rings. The smallest absolute Gasteiger partial charge is 0.387 e. The first-order chi connectivity index (χ1) is 10.7. The summed E-state index contributed by atoms with van der Waals surface area (Å²) < 4.78 is 10.8. The van der Waals surface area contributed by atoms with Gasteiger partial charge in [-0.05, 0) is 36.4 Å². The highest BCUT2D eigenvalue weighted by Crippen LogP contribution is 2.16. The van der Waals surface area contributed by atoms with Gasteiger partial charge in [0.15, 0.2) is 0 Å². The first-order valence-corrected chi connectivity index (χ1v) is 6.66. The SMILES string of the molecule is COc1ccc(C(=O)Oc2ccc3ccccc3[n+]2[O-])cc1. The second-order valence-corrected chi connectivity index (χ2v) is 4.64. The minimum atomic E-state index is -0.595. The number of hydrogen-bond donors (Lipinski definition) is 0. The summed E-state index contributed by atoms with van der Waals surface area (Å²) in [5.74, 6) is -0.0109. The van der Waals surface area contributed by atoms with Crippen molar-refractivity contribution in [2.45, 2.75) is 0 Å². The molecule has 0 aliphatic rings. The highest BCUT2D eigenvalue weighted by molar-refractivity contribution is 5.91. The summed E-state index contributed by atoms with van der Waals surface area (Å²) in [6, 6.07) is 16.8. The molecule has 5 heteroatoms. The van der Waals surface area contributed by atoms with E-state index in [9.17, 15) is 10.0 Å². The molecular formula is C17H13NO4. The van der Waals surface area contributed by atoms with Gasteiger partial charge < -0.3 is 14.7 Å². The van der Waals surface area contributed by atoms with Gasteiger partial charge >= 0.3 is 11.8 Å². The number of rotatable bonds is 3. The van der Waals surface area contributed by atoms with Gasteiger partial charge in [0.2, 0.25) is 5.52 Å². The molecule has 5 nitrogen and oxygen atoms in total. The zero-order valence-corrected chi connectivity index (χ0v) is 11.9. The fourth-order valence-electron chi connectivity index (χ4n) is 2.12. The highest BCUT2D eigenvalue weighted by Gasteiger charge is 2.16. The van der Waals surface area contributed by atoms with E-state index in [1.165, 1.54) is 6.07 Å². The van der Waals surface area contributed by atoms with Gasteiger partial charge in [0.1, 0.15) is 5.75 Å². The Morgan fingerprint density at radius 1 is 1.00 bits per heavy atom. The number of aromatic nitrogens is 1. The number of carbonyl (C=O) groups excluding carboxylic acids is 1. The Morgan fingerprint density at radius 2 is 1.73 bits per heavy atom. The van der Waals surface area contributed by atoms with Crippen LogP contribution >= 0.6 is 0 Å². The first kappa shape index (κ1) is 13.9. The largest absolute Gasteiger partial charge is 0.616 e. The number of nitrogens with zero attached hydrogens (tertiary/aromatic N) is 1. The number of ether oxygens (including phenoxy) is 2. The summed E-state index contributed by atoms with van der Waals surface area (Å²) in [5, 5.41) is 13.0. The molecule has 0 bridgehead atoms. The van der Waals surface area contributed by atoms with E-state index in [4.69, 9.17) is 9.47 Å². The van der Waals surface area contributed by atoms with E-state index in [2.05, 4.69) is 0 Å². The van der Waals surface area contributed by atoms with Crippen molar-refractivity contribution in [3.05, 3.63) is 71.4 Å². The monoisotopic (exact) mass is 295 g/mol. The number of pyridine rings is 1. The van der Waals surface area contributed by atoms with E-state index in [1.807, 2.05) is 12.1 Å². The molecule has 0 unspecified atom stereocenters. The van der Waals surface area contributed by atoms with Crippen LogP contribution in [0.5, 0.6) is 11.6 Å². The van der Waals surface area contributed by atoms with Crippen molar-refractivity contribution >= 4 is 16.9 Å². The molecule has 0 N–H and O–H groups in total. The van der Waals surface area contributed by atoms with E-state index in [0.29, 0.717) is 21.6 Å². The van der Waals surface area contributed by atoms with Crippen LogP contribution in [-0.4, -0.2) is 13.1 Å². The van der Waals surface area contributed by atoms with E-state index in [-0.39, 0.29) is 5.88 Å². The third-order valence-corrected chi connectivity index (χ3v) is 3.28. The van der Waals surface area contributed by atoms with Gasteiger partial charge in [0.25, 0.3) is 0 Å². The van der Waals surface area contributed by atoms with Gasteiger partial charge in [-0.2, -0.15) is 0 Å². The van der Waals surface area contributed by atoms with Crippen LogP contribution in [0.25, 0.3) is 10.9 Å². The van der Waals surface area contributed by atoms with Gasteiger partial charge in [-0.1, -0.05) is 12.1 Å². The second kappa shape index (κ2) is 5.73. The number of hydrogen-bond acceptors (Lipinski definition) is 4. The molecule has 0 aliphatic carbocycles. The van der Waals surface area contributed by atoms with Crippen LogP contribution in [0.15, 0.2) is 60.7 Å². The van der Waals surface area contributed by atoms with Crippen LogP contribution in [0.2, 0.25) is 0 Å². The van der Waals surface area contributed by atoms with Crippen LogP contribution in [0.4, 0.5) is 0 Å². The summed E-state index contributed by atoms with van der Waals surface area (Å²) in [4.78, 5) is 12.1. The Hall–Kier alpha value is -3.08. The molecule has 2 aromatic carbocycles. The van der Waals surface area contributed by atoms with Crippen molar-refractivity contribution in [1.29, 1.82) is 0 Å². The molecule has 0 saturated heterocycles. The first-order valence-electron chi connectivity index (χ1n) is 6.66. The summed E-state index contributed by atoms with van der Waals surface area (Å²) in [7, 11) is 1.54. The summed E-state index contributed by atoms with van der Waals surface area (Å²) in [6.45, 7) is 0. The molecule has 22 heavy (non-hydrogen) atoms. The van der Waals surface area contributed by atoms with Crippen molar-refractivity contribution in [1.82, 2.24) is 0 Å². The number of fused-ring (bicyclic) bond motifs is 1. The van der Waals surface area contributed by atoms with Crippen molar-refractivity contribution < 1.29 is 19.0 Å². The zero-order chi connectivity index (χ0) is 15.5. The fraction of sp³-hybridized carbons (Fsp3) is 0.0588. The number of benzene rings is 2. The van der Waals surface area contributed by atoms with Crippen LogP contribution in [0.1, 0.15) is 10.4 Å². The molecule has 0 spiro atoms. The number of methoxy groups -OCH3 is 1. The lowest BCUT2D eigenvalue weighted by atomic mass is 10.2. The Labute approximate surface area is 126 Å². The van der Waals surface area contributed by atoms with Gasteiger partial charge in [-0.3, -0.25) is 0 Å². The Kier molecular flexibility index (Phi) is 3.62. The number of esters is 1. The van der Waals surface area contributed by atoms with Crippen LogP contribution in [0, 0.1) is 5.21 Å². The van der Waals surface area contributed by atoms with Gasteiger partial charge in [0.05, 0.1) is 18.7 Å². The normalized spacial score (nSPS) is 10.4. The highest BCUT2D eigenvalue weighted by atomic mass is 16.6. The van der Waals surface area contributed by atoms with Crippen molar-refractivity contribution in [3.63, 3.8) is 0 Å². The minimum absolute atomic E-state index is 0.0560. The lowest BCUT2D eigenvalue weighted by Gasteiger charge is -2.07. The van der Waals surface area contributed by atoms with Gasteiger partial charge in [-0.15, -0.1) is 4.73 Å². The number of carbonyl (C=O) groups is 1. The topological polar surface area (TPSA) is 62.5 Å². The van der Waals surface area contributed by atoms with E-state index >= 15 is 0 Å². The third-order valence-electron chi connectivity index (χ3n) is 3.28. The predicted octanol–water partition coefficient (Wildman–Crippen LogP) is 2.70. The summed E-state index contributed by atoms with van der Waals surface area (Å²) in [5.41, 5.74) is 0.788. The molecule has 110 valence electrons. The average molecular weight is 295 g/mol. The van der Waals surface area contributed by atoms with E-state index < -0.39 is 5.97 Å². The standard InChI is InChI=1S/C17H13NO4/c1-21-14-9-6-13(7-10-14)17(19)22-16-11-8-12-4-2-3-5-15(12)18(16)20/h2-11H,1H3. The van der Waals surface area contributed by atoms with Gasteiger partial charge in [-0.25, -0.2) is 4.79 Å². The zero-order valence-electron chi connectivity index (χ0n) is 11.9. The molecule has 0 amide bonds. The maximum Gasteiger partial charge on any atom is 0.387 e.